The number of hydrogen-bond donors (Lipinski definition) is 1. The number of aromatic nitrogens is 2. The lowest BCUT2D eigenvalue weighted by Crippen LogP contribution is -2.49. The molecular weight excluding hydrogens is 630 g/mol. The van der Waals surface area contributed by atoms with Crippen molar-refractivity contribution < 1.29 is 13.2 Å². The zero-order chi connectivity index (χ0) is 32.9. The molecule has 10 heteroatoms. The van der Waals surface area contributed by atoms with Crippen molar-refractivity contribution in [1.82, 2.24) is 24.1 Å². The lowest BCUT2D eigenvalue weighted by atomic mass is 9.70. The van der Waals surface area contributed by atoms with Crippen LogP contribution in [-0.4, -0.2) is 72.4 Å². The molecule has 1 amide bonds. The van der Waals surface area contributed by atoms with Gasteiger partial charge < -0.3 is 9.47 Å². The highest BCUT2D eigenvalue weighted by molar-refractivity contribution is 7.89. The van der Waals surface area contributed by atoms with Crippen molar-refractivity contribution in [3.05, 3.63) is 94.3 Å². The number of halogens is 1. The molecule has 7 rings (SSSR count). The number of imidazole rings is 1. The number of sulfonamides is 1. The number of benzene rings is 3. The zero-order valence-electron chi connectivity index (χ0n) is 27.5. The highest BCUT2D eigenvalue weighted by Crippen LogP contribution is 2.45. The van der Waals surface area contributed by atoms with Gasteiger partial charge in [-0.3, -0.25) is 9.69 Å². The van der Waals surface area contributed by atoms with Crippen molar-refractivity contribution in [2.75, 3.05) is 26.7 Å². The molecule has 1 N–H and O–H groups in total. The second-order valence-corrected chi connectivity index (χ2v) is 16.1. The molecule has 3 aliphatic rings. The Bertz CT molecular complexity index is 1900. The van der Waals surface area contributed by atoms with Crippen LogP contribution in [0.1, 0.15) is 78.3 Å². The first-order valence-corrected chi connectivity index (χ1v) is 18.7. The first kappa shape index (κ1) is 32.3. The van der Waals surface area contributed by atoms with E-state index in [2.05, 4.69) is 76.6 Å². The largest absolute Gasteiger partial charge is 0.339 e. The molecule has 3 fully saturated rings. The zero-order valence-corrected chi connectivity index (χ0v) is 29.0. The number of amides is 1. The van der Waals surface area contributed by atoms with E-state index in [1.807, 2.05) is 4.90 Å². The lowest BCUT2D eigenvalue weighted by Gasteiger charge is -2.46. The number of likely N-dealkylation sites (tertiary alicyclic amines) is 1. The Morgan fingerprint density at radius 3 is 2.38 bits per heavy atom. The Kier molecular flexibility index (Phi) is 8.70. The van der Waals surface area contributed by atoms with Gasteiger partial charge in [0.1, 0.15) is 5.82 Å². The molecule has 1 aromatic heterocycles. The summed E-state index contributed by atoms with van der Waals surface area (Å²) in [6.45, 7) is 6.52. The third-order valence-electron chi connectivity index (χ3n) is 11.2. The van der Waals surface area contributed by atoms with Gasteiger partial charge in [-0.05, 0) is 114 Å². The molecule has 0 aliphatic carbocycles. The molecule has 0 spiro atoms. The van der Waals surface area contributed by atoms with E-state index in [-0.39, 0.29) is 26.8 Å². The highest BCUT2D eigenvalue weighted by Gasteiger charge is 2.44. The summed E-state index contributed by atoms with van der Waals surface area (Å²) in [4.78, 5) is 23.3. The average Bonchev–Trinajstić information content (AvgIpc) is 3.53. The van der Waals surface area contributed by atoms with Crippen LogP contribution in [0.4, 0.5) is 0 Å². The van der Waals surface area contributed by atoms with E-state index in [4.69, 9.17) is 16.6 Å². The number of nitrogens with zero attached hydrogens (tertiary/aromatic N) is 4. The van der Waals surface area contributed by atoms with Gasteiger partial charge in [0.05, 0.1) is 26.5 Å². The van der Waals surface area contributed by atoms with Crippen LogP contribution in [0.25, 0.3) is 11.0 Å². The minimum atomic E-state index is -3.70. The van der Waals surface area contributed by atoms with E-state index >= 15 is 0 Å². The molecule has 3 atom stereocenters. The maximum Gasteiger partial charge on any atom is 0.255 e. The van der Waals surface area contributed by atoms with Crippen molar-refractivity contribution in [3.8, 4) is 0 Å². The van der Waals surface area contributed by atoms with Gasteiger partial charge in [0.25, 0.3) is 5.91 Å². The Morgan fingerprint density at radius 2 is 1.68 bits per heavy atom. The molecule has 4 aromatic rings. The Labute approximate surface area is 283 Å². The Morgan fingerprint density at radius 1 is 0.957 bits per heavy atom. The van der Waals surface area contributed by atoms with E-state index in [1.54, 1.807) is 0 Å². The summed E-state index contributed by atoms with van der Waals surface area (Å²) in [6, 6.07) is 23.3. The van der Waals surface area contributed by atoms with E-state index in [0.717, 1.165) is 50.0 Å². The second kappa shape index (κ2) is 12.7. The number of hydrogen-bond acceptors (Lipinski definition) is 5. The van der Waals surface area contributed by atoms with E-state index in [9.17, 15) is 13.2 Å². The predicted molar refractivity (Wildman–Crippen MR) is 187 cm³/mol. The van der Waals surface area contributed by atoms with Gasteiger partial charge in [0, 0.05) is 31.2 Å². The molecule has 0 radical (unpaired) electrons. The standard InChI is InChI=1S/C37H44ClN5O3S/c1-25-7-6-8-27(21-25)37(15-18-41(19-16-37)36(44)32-24-31(13-14-33(32)38)47(45,46)39-3)17-20-42-28-11-12-29(42)23-30(22-28)43-26(2)40-34-9-4-5-10-35(34)43/h4-10,13-14,21,24,28-30,39H,11-12,15-20,22-23H2,1-3H3/t28-,29+,30?. The predicted octanol–water partition coefficient (Wildman–Crippen LogP) is 6.65. The van der Waals surface area contributed by atoms with Crippen LogP contribution in [0, 0.1) is 13.8 Å². The third-order valence-corrected chi connectivity index (χ3v) is 13.0. The number of carbonyl (C=O) groups excluding carboxylic acids is 1. The fraction of sp³-hybridized carbons (Fsp3) is 0.459. The first-order chi connectivity index (χ1) is 22.6. The van der Waals surface area contributed by atoms with Gasteiger partial charge in [0.15, 0.2) is 0 Å². The van der Waals surface area contributed by atoms with E-state index < -0.39 is 10.0 Å². The SMILES string of the molecule is CNS(=O)(=O)c1ccc(Cl)c(C(=O)N2CCC(CCN3[C@@H]4CC[C@H]3CC(n3c(C)nc5ccccc53)C4)(c3cccc(C)c3)CC2)c1. The van der Waals surface area contributed by atoms with Crippen LogP contribution in [0.3, 0.4) is 0 Å². The third kappa shape index (κ3) is 6.01. The number of piperidine rings is 2. The molecular formula is C37H44ClN5O3S. The monoisotopic (exact) mass is 673 g/mol. The molecule has 1 unspecified atom stereocenters. The minimum absolute atomic E-state index is 0.0358. The smallest absolute Gasteiger partial charge is 0.255 e. The van der Waals surface area contributed by atoms with Crippen LogP contribution < -0.4 is 4.72 Å². The number of carbonyl (C=O) groups is 1. The van der Waals surface area contributed by atoms with Gasteiger partial charge in [-0.15, -0.1) is 0 Å². The molecule has 0 saturated carbocycles. The summed E-state index contributed by atoms with van der Waals surface area (Å²) >= 11 is 6.45. The maximum atomic E-state index is 13.7. The van der Waals surface area contributed by atoms with Gasteiger partial charge in [-0.25, -0.2) is 18.1 Å². The molecule has 8 nitrogen and oxygen atoms in total. The fourth-order valence-electron chi connectivity index (χ4n) is 8.71. The van der Waals surface area contributed by atoms with Crippen LogP contribution in [0.15, 0.2) is 71.6 Å². The highest BCUT2D eigenvalue weighted by atomic mass is 35.5. The van der Waals surface area contributed by atoms with E-state index in [0.29, 0.717) is 31.2 Å². The van der Waals surface area contributed by atoms with Crippen molar-refractivity contribution in [2.45, 2.75) is 87.2 Å². The molecule has 2 bridgehead atoms. The normalized spacial score (nSPS) is 23.0. The van der Waals surface area contributed by atoms with Crippen molar-refractivity contribution >= 4 is 38.6 Å². The second-order valence-electron chi connectivity index (χ2n) is 13.8. The summed E-state index contributed by atoms with van der Waals surface area (Å²) in [5, 5.41) is 0.262. The van der Waals surface area contributed by atoms with Crippen LogP contribution in [0.5, 0.6) is 0 Å². The van der Waals surface area contributed by atoms with Crippen molar-refractivity contribution in [2.24, 2.45) is 0 Å². The van der Waals surface area contributed by atoms with E-state index in [1.165, 1.54) is 54.7 Å². The van der Waals surface area contributed by atoms with Crippen LogP contribution >= 0.6 is 11.6 Å². The molecule has 3 aromatic carbocycles. The Balaban J connectivity index is 1.08. The lowest BCUT2D eigenvalue weighted by molar-refractivity contribution is 0.0607. The molecule has 4 heterocycles. The summed E-state index contributed by atoms with van der Waals surface area (Å²) in [5.41, 5.74) is 5.12. The fourth-order valence-corrected chi connectivity index (χ4v) is 9.66. The number of nitrogens with one attached hydrogen (secondary N) is 1. The van der Waals surface area contributed by atoms with Crippen molar-refractivity contribution in [3.63, 3.8) is 0 Å². The van der Waals surface area contributed by atoms with Gasteiger partial charge >= 0.3 is 0 Å². The van der Waals surface area contributed by atoms with Gasteiger partial charge in [-0.1, -0.05) is 53.6 Å². The van der Waals surface area contributed by atoms with Crippen LogP contribution in [-0.2, 0) is 15.4 Å². The number of rotatable bonds is 8. The molecule has 3 aliphatic heterocycles. The molecule has 248 valence electrons. The molecule has 47 heavy (non-hydrogen) atoms. The Hall–Kier alpha value is -3.24. The minimum Gasteiger partial charge on any atom is -0.339 e. The average molecular weight is 674 g/mol. The first-order valence-electron chi connectivity index (χ1n) is 16.9. The summed E-state index contributed by atoms with van der Waals surface area (Å²) in [5.74, 6) is 0.892. The number of para-hydroxylation sites is 2. The van der Waals surface area contributed by atoms with Gasteiger partial charge in [-0.2, -0.15) is 0 Å². The van der Waals surface area contributed by atoms with Crippen LogP contribution in [0.2, 0.25) is 5.02 Å². The summed E-state index contributed by atoms with van der Waals surface area (Å²) < 4.78 is 29.7. The quantitative estimate of drug-likeness (QED) is 0.226. The molecule has 3 saturated heterocycles. The number of aryl methyl sites for hydroxylation is 2. The summed E-state index contributed by atoms with van der Waals surface area (Å²) in [6.07, 6.45) is 7.53. The maximum absolute atomic E-state index is 13.7. The summed E-state index contributed by atoms with van der Waals surface area (Å²) in [7, 11) is -2.34. The van der Waals surface area contributed by atoms with Crippen molar-refractivity contribution in [1.29, 1.82) is 0 Å². The topological polar surface area (TPSA) is 87.5 Å². The number of fused-ring (bicyclic) bond motifs is 3. The van der Waals surface area contributed by atoms with Gasteiger partial charge in [0.2, 0.25) is 10.0 Å².